The topological polar surface area (TPSA) is 67.8 Å². The predicted molar refractivity (Wildman–Crippen MR) is 64.1 cm³/mol. The van der Waals surface area contributed by atoms with Gasteiger partial charge in [-0.3, -0.25) is 10.1 Å². The second-order valence-corrected chi connectivity index (χ2v) is 4.54. The number of rotatable bonds is 7. The van der Waals surface area contributed by atoms with Gasteiger partial charge in [0.05, 0.1) is 12.7 Å². The highest BCUT2D eigenvalue weighted by Gasteiger charge is 2.42. The summed E-state index contributed by atoms with van der Waals surface area (Å²) in [5.74, 6) is -0.780. The maximum atomic E-state index is 11.5. The molecule has 1 aliphatic rings. The Hall–Kier alpha value is -0.650. The molecule has 0 aromatic heterocycles. The number of aliphatic carboxylic acids is 1. The summed E-state index contributed by atoms with van der Waals surface area (Å²) in [4.78, 5) is 11.5. The van der Waals surface area contributed by atoms with Crippen molar-refractivity contribution in [2.24, 2.45) is 0 Å². The summed E-state index contributed by atoms with van der Waals surface area (Å²) in [6.07, 6.45) is 3.05. The number of nitrogens with one attached hydrogen (secondary N) is 1. The minimum atomic E-state index is -0.837. The summed E-state index contributed by atoms with van der Waals surface area (Å²) in [6.45, 7) is 3.67. The molecule has 2 atom stereocenters. The van der Waals surface area contributed by atoms with Crippen molar-refractivity contribution in [3.05, 3.63) is 0 Å². The second kappa shape index (κ2) is 6.93. The van der Waals surface area contributed by atoms with Crippen LogP contribution in [-0.2, 0) is 14.3 Å². The molecule has 5 nitrogen and oxygen atoms in total. The van der Waals surface area contributed by atoms with Gasteiger partial charge in [0.25, 0.3) is 0 Å². The first-order valence-electron chi connectivity index (χ1n) is 6.23. The molecule has 5 heteroatoms. The maximum Gasteiger partial charge on any atom is 0.324 e. The third-order valence-corrected chi connectivity index (χ3v) is 3.25. The number of hydrogen-bond acceptors (Lipinski definition) is 4. The van der Waals surface area contributed by atoms with Gasteiger partial charge in [0.2, 0.25) is 0 Å². The highest BCUT2D eigenvalue weighted by molar-refractivity contribution is 5.79. The van der Waals surface area contributed by atoms with Gasteiger partial charge < -0.3 is 14.6 Å². The first-order valence-corrected chi connectivity index (χ1v) is 6.23. The summed E-state index contributed by atoms with van der Waals surface area (Å²) < 4.78 is 10.5. The lowest BCUT2D eigenvalue weighted by Gasteiger charge is -2.38. The normalized spacial score (nSPS) is 29.2. The van der Waals surface area contributed by atoms with E-state index < -0.39 is 11.5 Å². The number of carboxylic acids is 1. The zero-order valence-corrected chi connectivity index (χ0v) is 10.7. The van der Waals surface area contributed by atoms with E-state index in [4.69, 9.17) is 9.47 Å². The molecule has 1 heterocycles. The van der Waals surface area contributed by atoms with E-state index in [0.29, 0.717) is 32.6 Å². The Kier molecular flexibility index (Phi) is 5.88. The summed E-state index contributed by atoms with van der Waals surface area (Å²) in [5.41, 5.74) is -0.837. The van der Waals surface area contributed by atoms with Crippen molar-refractivity contribution in [2.45, 2.75) is 44.2 Å². The molecule has 1 rings (SSSR count). The van der Waals surface area contributed by atoms with Crippen LogP contribution in [0.1, 0.15) is 32.6 Å². The smallest absolute Gasteiger partial charge is 0.324 e. The molecule has 0 saturated carbocycles. The van der Waals surface area contributed by atoms with Gasteiger partial charge in [0.1, 0.15) is 5.54 Å². The van der Waals surface area contributed by atoms with E-state index in [1.165, 1.54) is 0 Å². The molecule has 0 aromatic carbocycles. The van der Waals surface area contributed by atoms with E-state index in [0.717, 1.165) is 12.8 Å². The van der Waals surface area contributed by atoms with Gasteiger partial charge in [0.15, 0.2) is 0 Å². The van der Waals surface area contributed by atoms with Crippen LogP contribution in [0.15, 0.2) is 0 Å². The lowest BCUT2D eigenvalue weighted by atomic mass is 9.85. The molecule has 100 valence electrons. The molecule has 17 heavy (non-hydrogen) atoms. The Morgan fingerprint density at radius 1 is 1.65 bits per heavy atom. The fourth-order valence-electron chi connectivity index (χ4n) is 2.28. The SMILES string of the molecule is CCCC1CC(NCCOC)(C(=O)O)CCO1. The molecule has 0 aromatic rings. The van der Waals surface area contributed by atoms with Gasteiger partial charge >= 0.3 is 5.97 Å². The van der Waals surface area contributed by atoms with Gasteiger partial charge in [0, 0.05) is 26.7 Å². The van der Waals surface area contributed by atoms with Crippen LogP contribution in [0.5, 0.6) is 0 Å². The summed E-state index contributed by atoms with van der Waals surface area (Å²) >= 11 is 0. The quantitative estimate of drug-likeness (QED) is 0.656. The summed E-state index contributed by atoms with van der Waals surface area (Å²) in [5, 5.41) is 12.5. The van der Waals surface area contributed by atoms with Crippen LogP contribution in [0, 0.1) is 0 Å². The molecule has 1 fully saturated rings. The Morgan fingerprint density at radius 3 is 3.00 bits per heavy atom. The average Bonchev–Trinajstić information content (AvgIpc) is 2.30. The first-order chi connectivity index (χ1) is 8.14. The van der Waals surface area contributed by atoms with Gasteiger partial charge in [-0.2, -0.15) is 0 Å². The Balaban J connectivity index is 2.59. The van der Waals surface area contributed by atoms with Crippen LogP contribution in [0.4, 0.5) is 0 Å². The average molecular weight is 245 g/mol. The Bertz CT molecular complexity index is 245. The Morgan fingerprint density at radius 2 is 2.41 bits per heavy atom. The fraction of sp³-hybridized carbons (Fsp3) is 0.917. The Labute approximate surface area is 102 Å². The number of methoxy groups -OCH3 is 1. The van der Waals surface area contributed by atoms with Gasteiger partial charge in [-0.15, -0.1) is 0 Å². The lowest BCUT2D eigenvalue weighted by molar-refractivity contribution is -0.152. The first kappa shape index (κ1) is 14.4. The van der Waals surface area contributed by atoms with Gasteiger partial charge in [-0.25, -0.2) is 0 Å². The van der Waals surface area contributed by atoms with Crippen LogP contribution in [0.25, 0.3) is 0 Å². The molecular formula is C12H23NO4. The van der Waals surface area contributed by atoms with Gasteiger partial charge in [-0.05, 0) is 12.8 Å². The number of ether oxygens (including phenoxy) is 2. The van der Waals surface area contributed by atoms with Crippen LogP contribution in [-0.4, -0.2) is 49.6 Å². The third-order valence-electron chi connectivity index (χ3n) is 3.25. The molecule has 0 spiro atoms. The van der Waals surface area contributed by atoms with Crippen molar-refractivity contribution in [1.82, 2.24) is 5.32 Å². The van der Waals surface area contributed by atoms with Crippen LogP contribution < -0.4 is 5.32 Å². The molecule has 0 radical (unpaired) electrons. The molecule has 2 unspecified atom stereocenters. The van der Waals surface area contributed by atoms with E-state index in [1.54, 1.807) is 7.11 Å². The van der Waals surface area contributed by atoms with E-state index in [-0.39, 0.29) is 6.10 Å². The maximum absolute atomic E-state index is 11.5. The second-order valence-electron chi connectivity index (χ2n) is 4.54. The zero-order chi connectivity index (χ0) is 12.7. The predicted octanol–water partition coefficient (Wildman–Crippen LogP) is 1.02. The number of carbonyl (C=O) groups is 1. The molecule has 1 aliphatic heterocycles. The molecular weight excluding hydrogens is 222 g/mol. The van der Waals surface area contributed by atoms with Gasteiger partial charge in [-0.1, -0.05) is 13.3 Å². The minimum absolute atomic E-state index is 0.0555. The van der Waals surface area contributed by atoms with Crippen LogP contribution in [0.3, 0.4) is 0 Å². The molecule has 2 N–H and O–H groups in total. The lowest BCUT2D eigenvalue weighted by Crippen LogP contribution is -2.58. The van der Waals surface area contributed by atoms with Crippen LogP contribution >= 0.6 is 0 Å². The van der Waals surface area contributed by atoms with Crippen molar-refractivity contribution in [3.8, 4) is 0 Å². The van der Waals surface area contributed by atoms with Crippen LogP contribution in [0.2, 0.25) is 0 Å². The van der Waals surface area contributed by atoms with Crippen molar-refractivity contribution in [3.63, 3.8) is 0 Å². The zero-order valence-electron chi connectivity index (χ0n) is 10.7. The van der Waals surface area contributed by atoms with Crippen molar-refractivity contribution < 1.29 is 19.4 Å². The molecule has 0 amide bonds. The largest absolute Gasteiger partial charge is 0.480 e. The molecule has 1 saturated heterocycles. The summed E-state index contributed by atoms with van der Waals surface area (Å²) in [7, 11) is 1.61. The van der Waals surface area contributed by atoms with Crippen molar-refractivity contribution in [1.29, 1.82) is 0 Å². The van der Waals surface area contributed by atoms with E-state index in [9.17, 15) is 9.90 Å². The monoisotopic (exact) mass is 245 g/mol. The van der Waals surface area contributed by atoms with Crippen molar-refractivity contribution >= 4 is 5.97 Å². The molecule has 0 bridgehead atoms. The highest BCUT2D eigenvalue weighted by atomic mass is 16.5. The fourth-order valence-corrected chi connectivity index (χ4v) is 2.28. The van der Waals surface area contributed by atoms with Crippen molar-refractivity contribution in [2.75, 3.05) is 26.9 Å². The third kappa shape index (κ3) is 3.94. The standard InChI is InChI=1S/C12H23NO4/c1-3-4-10-9-12(11(14)15,5-7-17-10)13-6-8-16-2/h10,13H,3-9H2,1-2H3,(H,14,15). The summed E-state index contributed by atoms with van der Waals surface area (Å²) in [6, 6.07) is 0. The van der Waals surface area contributed by atoms with E-state index >= 15 is 0 Å². The van der Waals surface area contributed by atoms with E-state index in [1.807, 2.05) is 0 Å². The minimum Gasteiger partial charge on any atom is -0.480 e. The molecule has 0 aliphatic carbocycles. The van der Waals surface area contributed by atoms with E-state index in [2.05, 4.69) is 12.2 Å². The highest BCUT2D eigenvalue weighted by Crippen LogP contribution is 2.27. The number of hydrogen-bond donors (Lipinski definition) is 2. The number of carboxylic acid groups (broad SMARTS) is 1.